The first-order chi connectivity index (χ1) is 9.01. The first-order valence-electron chi connectivity index (χ1n) is 5.70. The van der Waals surface area contributed by atoms with E-state index in [4.69, 9.17) is 9.84 Å². The van der Waals surface area contributed by atoms with E-state index in [0.717, 1.165) is 5.56 Å². The van der Waals surface area contributed by atoms with Gasteiger partial charge in [0.05, 0.1) is 12.7 Å². The van der Waals surface area contributed by atoms with Crippen LogP contribution in [0.3, 0.4) is 0 Å². The van der Waals surface area contributed by atoms with Crippen LogP contribution in [-0.2, 0) is 0 Å². The van der Waals surface area contributed by atoms with E-state index in [-0.39, 0.29) is 11.4 Å². The van der Waals surface area contributed by atoms with E-state index in [1.165, 1.54) is 31.4 Å². The van der Waals surface area contributed by atoms with Gasteiger partial charge in [-0.1, -0.05) is 6.07 Å². The third-order valence-corrected chi connectivity index (χ3v) is 2.90. The zero-order chi connectivity index (χ0) is 14.0. The SMILES string of the molecule is COc1cc(C(=O)O)cc(-c2cc(F)ccc2C)c1. The summed E-state index contributed by atoms with van der Waals surface area (Å²) < 4.78 is 18.4. The van der Waals surface area contributed by atoms with E-state index in [1.54, 1.807) is 12.1 Å². The summed E-state index contributed by atoms with van der Waals surface area (Å²) in [6, 6.07) is 9.04. The average Bonchev–Trinajstić information content (AvgIpc) is 2.40. The Bertz CT molecular complexity index is 635. The fourth-order valence-corrected chi connectivity index (χ4v) is 1.90. The van der Waals surface area contributed by atoms with Gasteiger partial charge in [0.2, 0.25) is 0 Å². The topological polar surface area (TPSA) is 46.5 Å². The van der Waals surface area contributed by atoms with Gasteiger partial charge in [-0.05, 0) is 53.9 Å². The van der Waals surface area contributed by atoms with Gasteiger partial charge in [0.25, 0.3) is 0 Å². The standard InChI is InChI=1S/C15H13FO3/c1-9-3-4-12(16)8-14(9)10-5-11(15(17)18)7-13(6-10)19-2/h3-8H,1-2H3,(H,17,18). The first kappa shape index (κ1) is 13.1. The molecule has 0 aromatic heterocycles. The number of aryl methyl sites for hydroxylation is 1. The van der Waals surface area contributed by atoms with Crippen LogP contribution in [0.1, 0.15) is 15.9 Å². The lowest BCUT2D eigenvalue weighted by molar-refractivity contribution is 0.0696. The Morgan fingerprint density at radius 2 is 1.95 bits per heavy atom. The van der Waals surface area contributed by atoms with Crippen molar-refractivity contribution < 1.29 is 19.0 Å². The molecule has 0 atom stereocenters. The van der Waals surface area contributed by atoms with E-state index in [0.29, 0.717) is 16.9 Å². The van der Waals surface area contributed by atoms with Crippen LogP contribution in [0.15, 0.2) is 36.4 Å². The number of benzene rings is 2. The van der Waals surface area contributed by atoms with E-state index >= 15 is 0 Å². The quantitative estimate of drug-likeness (QED) is 0.918. The second-order valence-corrected chi connectivity index (χ2v) is 4.21. The molecule has 19 heavy (non-hydrogen) atoms. The van der Waals surface area contributed by atoms with Crippen molar-refractivity contribution in [1.82, 2.24) is 0 Å². The van der Waals surface area contributed by atoms with Gasteiger partial charge < -0.3 is 9.84 Å². The van der Waals surface area contributed by atoms with Crippen LogP contribution in [0.2, 0.25) is 0 Å². The molecule has 0 aliphatic rings. The van der Waals surface area contributed by atoms with Gasteiger partial charge >= 0.3 is 5.97 Å². The Morgan fingerprint density at radius 3 is 2.58 bits per heavy atom. The summed E-state index contributed by atoms with van der Waals surface area (Å²) in [5, 5.41) is 9.07. The molecule has 0 heterocycles. The maximum absolute atomic E-state index is 13.3. The van der Waals surface area contributed by atoms with Gasteiger partial charge in [-0.25, -0.2) is 9.18 Å². The van der Waals surface area contributed by atoms with Crippen LogP contribution in [0, 0.1) is 12.7 Å². The molecule has 0 saturated carbocycles. The lowest BCUT2D eigenvalue weighted by atomic mass is 9.98. The highest BCUT2D eigenvalue weighted by Crippen LogP contribution is 2.29. The third-order valence-electron chi connectivity index (χ3n) is 2.90. The minimum atomic E-state index is -1.05. The molecule has 2 aromatic rings. The number of hydrogen-bond donors (Lipinski definition) is 1. The van der Waals surface area contributed by atoms with Gasteiger partial charge in [-0.2, -0.15) is 0 Å². The summed E-state index contributed by atoms with van der Waals surface area (Å²) in [7, 11) is 1.46. The number of methoxy groups -OCH3 is 1. The monoisotopic (exact) mass is 260 g/mol. The van der Waals surface area contributed by atoms with Crippen LogP contribution in [0.4, 0.5) is 4.39 Å². The molecule has 2 aromatic carbocycles. The molecule has 0 aliphatic heterocycles. The predicted molar refractivity (Wildman–Crippen MR) is 70.1 cm³/mol. The Labute approximate surface area is 110 Å². The molecule has 0 saturated heterocycles. The highest BCUT2D eigenvalue weighted by Gasteiger charge is 2.11. The maximum Gasteiger partial charge on any atom is 0.335 e. The van der Waals surface area contributed by atoms with Crippen LogP contribution >= 0.6 is 0 Å². The predicted octanol–water partition coefficient (Wildman–Crippen LogP) is 3.51. The number of hydrogen-bond acceptors (Lipinski definition) is 2. The van der Waals surface area contributed by atoms with Gasteiger partial charge in [-0.15, -0.1) is 0 Å². The minimum absolute atomic E-state index is 0.109. The van der Waals surface area contributed by atoms with Gasteiger partial charge in [0.15, 0.2) is 0 Å². The molecular formula is C15H13FO3. The number of aromatic carboxylic acids is 1. The largest absolute Gasteiger partial charge is 0.497 e. The molecule has 0 bridgehead atoms. The van der Waals surface area contributed by atoms with Crippen LogP contribution in [0.25, 0.3) is 11.1 Å². The van der Waals surface area contributed by atoms with Crippen molar-refractivity contribution in [3.63, 3.8) is 0 Å². The highest BCUT2D eigenvalue weighted by molar-refractivity contribution is 5.90. The van der Waals surface area contributed by atoms with Crippen molar-refractivity contribution in [3.8, 4) is 16.9 Å². The fourth-order valence-electron chi connectivity index (χ4n) is 1.90. The molecule has 1 N–H and O–H groups in total. The van der Waals surface area contributed by atoms with E-state index in [9.17, 15) is 9.18 Å². The van der Waals surface area contributed by atoms with Crippen molar-refractivity contribution in [2.45, 2.75) is 6.92 Å². The Hall–Kier alpha value is -2.36. The van der Waals surface area contributed by atoms with Crippen LogP contribution in [0.5, 0.6) is 5.75 Å². The summed E-state index contributed by atoms with van der Waals surface area (Å²) in [5.41, 5.74) is 2.25. The molecule has 3 nitrogen and oxygen atoms in total. The summed E-state index contributed by atoms with van der Waals surface area (Å²) in [6.07, 6.45) is 0. The molecule has 0 fully saturated rings. The van der Waals surface area contributed by atoms with Crippen molar-refractivity contribution >= 4 is 5.97 Å². The van der Waals surface area contributed by atoms with Gasteiger partial charge in [0.1, 0.15) is 11.6 Å². The Kier molecular flexibility index (Phi) is 3.51. The molecule has 4 heteroatoms. The number of carbonyl (C=O) groups is 1. The zero-order valence-corrected chi connectivity index (χ0v) is 10.6. The molecule has 98 valence electrons. The Balaban J connectivity index is 2.64. The van der Waals surface area contributed by atoms with E-state index in [2.05, 4.69) is 0 Å². The van der Waals surface area contributed by atoms with Gasteiger partial charge in [-0.3, -0.25) is 0 Å². The van der Waals surface area contributed by atoms with Gasteiger partial charge in [0, 0.05) is 0 Å². The molecule has 0 radical (unpaired) electrons. The molecular weight excluding hydrogens is 247 g/mol. The fraction of sp³-hybridized carbons (Fsp3) is 0.133. The summed E-state index contributed by atoms with van der Waals surface area (Å²) in [4.78, 5) is 11.1. The highest BCUT2D eigenvalue weighted by atomic mass is 19.1. The van der Waals surface area contributed by atoms with Crippen molar-refractivity contribution in [2.24, 2.45) is 0 Å². The maximum atomic E-state index is 13.3. The summed E-state index contributed by atoms with van der Waals surface area (Å²) in [6.45, 7) is 1.84. The van der Waals surface area contributed by atoms with E-state index < -0.39 is 5.97 Å². The molecule has 0 spiro atoms. The second kappa shape index (κ2) is 5.10. The zero-order valence-electron chi connectivity index (χ0n) is 10.6. The summed E-state index contributed by atoms with van der Waals surface area (Å²) in [5.74, 6) is -0.979. The van der Waals surface area contributed by atoms with Crippen molar-refractivity contribution in [1.29, 1.82) is 0 Å². The minimum Gasteiger partial charge on any atom is -0.497 e. The average molecular weight is 260 g/mol. The number of carboxylic acid groups (broad SMARTS) is 1. The number of rotatable bonds is 3. The van der Waals surface area contributed by atoms with Crippen LogP contribution < -0.4 is 4.74 Å². The third kappa shape index (κ3) is 2.73. The lowest BCUT2D eigenvalue weighted by Gasteiger charge is -2.10. The number of ether oxygens (including phenoxy) is 1. The molecule has 0 amide bonds. The first-order valence-corrected chi connectivity index (χ1v) is 5.70. The Morgan fingerprint density at radius 1 is 1.21 bits per heavy atom. The lowest BCUT2D eigenvalue weighted by Crippen LogP contribution is -1.98. The van der Waals surface area contributed by atoms with Crippen molar-refractivity contribution in [3.05, 3.63) is 53.3 Å². The molecule has 2 rings (SSSR count). The molecule has 0 unspecified atom stereocenters. The second-order valence-electron chi connectivity index (χ2n) is 4.21. The van der Waals surface area contributed by atoms with Crippen molar-refractivity contribution in [2.75, 3.05) is 7.11 Å². The van der Waals surface area contributed by atoms with E-state index in [1.807, 2.05) is 6.92 Å². The normalized spacial score (nSPS) is 10.3. The molecule has 0 aliphatic carbocycles. The number of carboxylic acids is 1. The van der Waals surface area contributed by atoms with Crippen LogP contribution in [-0.4, -0.2) is 18.2 Å². The smallest absolute Gasteiger partial charge is 0.335 e. The number of halogens is 1. The summed E-state index contributed by atoms with van der Waals surface area (Å²) >= 11 is 0.